The van der Waals surface area contributed by atoms with Crippen molar-refractivity contribution in [2.24, 2.45) is 0 Å². The molecule has 0 aliphatic rings. The highest BCUT2D eigenvalue weighted by Crippen LogP contribution is 2.35. The SMILES string of the molecule is CC(C)=C[I+]c1cc(C(F)(F)F)cc(C(F)(F)F)c1.O=S(=O)([O-])C(F)(F)F. The maximum absolute atomic E-state index is 12.6. The highest BCUT2D eigenvalue weighted by molar-refractivity contribution is 7.86. The molecule has 0 heterocycles. The van der Waals surface area contributed by atoms with Crippen molar-refractivity contribution < 1.29 is 73.7 Å². The number of benzene rings is 1. The molecule has 14 heteroatoms. The monoisotopic (exact) mass is 544 g/mol. The molecule has 0 radical (unpaired) electrons. The highest BCUT2D eigenvalue weighted by atomic mass is 127. The third kappa shape index (κ3) is 9.64. The fraction of sp³-hybridized carbons (Fsp3) is 0.385. The predicted octanol–water partition coefficient (Wildman–Crippen LogP) is 1.96. The van der Waals surface area contributed by atoms with Crippen LogP contribution in [0.15, 0.2) is 27.9 Å². The lowest BCUT2D eigenvalue weighted by Crippen LogP contribution is -3.59. The lowest BCUT2D eigenvalue weighted by molar-refractivity contribution is -0.558. The molecule has 0 bridgehead atoms. The van der Waals surface area contributed by atoms with Crippen molar-refractivity contribution in [2.45, 2.75) is 31.7 Å². The van der Waals surface area contributed by atoms with Crippen molar-refractivity contribution in [3.63, 3.8) is 0 Å². The Morgan fingerprint density at radius 3 is 1.44 bits per heavy atom. The molecular formula is C13H10F9IO3S. The third-order valence-corrected chi connectivity index (χ3v) is 5.70. The Hall–Kier alpha value is -1.03. The van der Waals surface area contributed by atoms with E-state index >= 15 is 0 Å². The lowest BCUT2D eigenvalue weighted by Gasteiger charge is -2.10. The van der Waals surface area contributed by atoms with Gasteiger partial charge in [0, 0.05) is 12.1 Å². The van der Waals surface area contributed by atoms with Gasteiger partial charge < -0.3 is 4.55 Å². The molecule has 0 saturated heterocycles. The standard InChI is InChI=1S/C12H10F6I.CHF3O3S/c1-7(2)6-19-10-4-8(11(13,14)15)3-9(5-10)12(16,17)18;2-1(3,4)8(5,6)7/h3-6H,1-2H3;(H,5,6,7)/q+1;/p-1. The van der Waals surface area contributed by atoms with E-state index in [1.807, 2.05) is 0 Å². The van der Waals surface area contributed by atoms with Crippen LogP contribution in [-0.2, 0) is 22.5 Å². The molecule has 0 N–H and O–H groups in total. The molecule has 0 spiro atoms. The van der Waals surface area contributed by atoms with Crippen LogP contribution < -0.4 is 21.2 Å². The van der Waals surface area contributed by atoms with E-state index in [4.69, 9.17) is 13.0 Å². The number of allylic oxidation sites excluding steroid dienone is 1. The summed E-state index contributed by atoms with van der Waals surface area (Å²) in [5.74, 6) is 0. The summed E-state index contributed by atoms with van der Waals surface area (Å²) in [6.07, 6.45) is -9.55. The maximum atomic E-state index is 12.6. The van der Waals surface area contributed by atoms with Gasteiger partial charge in [-0.05, 0) is 25.5 Å². The summed E-state index contributed by atoms with van der Waals surface area (Å²) >= 11 is -1.01. The zero-order valence-electron chi connectivity index (χ0n) is 13.2. The normalized spacial score (nSPS) is 12.9. The van der Waals surface area contributed by atoms with Gasteiger partial charge in [-0.15, -0.1) is 0 Å². The van der Waals surface area contributed by atoms with E-state index in [-0.39, 0.29) is 9.64 Å². The second-order valence-corrected chi connectivity index (χ2v) is 8.78. The molecule has 1 rings (SSSR count). The van der Waals surface area contributed by atoms with Crippen LogP contribution >= 0.6 is 0 Å². The van der Waals surface area contributed by atoms with Crippen LogP contribution in [-0.4, -0.2) is 18.5 Å². The fourth-order valence-corrected chi connectivity index (χ4v) is 3.17. The van der Waals surface area contributed by atoms with Crippen molar-refractivity contribution in [1.29, 1.82) is 0 Å². The van der Waals surface area contributed by atoms with Crippen LogP contribution in [0, 0.1) is 3.57 Å². The van der Waals surface area contributed by atoms with E-state index < -0.39 is 60.3 Å². The highest BCUT2D eigenvalue weighted by Gasteiger charge is 2.38. The van der Waals surface area contributed by atoms with E-state index in [0.717, 1.165) is 17.7 Å². The predicted molar refractivity (Wildman–Crippen MR) is 70.3 cm³/mol. The molecule has 0 saturated carbocycles. The molecular weight excluding hydrogens is 534 g/mol. The first kappa shape index (κ1) is 26.0. The zero-order valence-corrected chi connectivity index (χ0v) is 16.2. The number of halogens is 10. The average Bonchev–Trinajstić information content (AvgIpc) is 2.41. The van der Waals surface area contributed by atoms with Crippen LogP contribution in [0.4, 0.5) is 39.5 Å². The van der Waals surface area contributed by atoms with Crippen LogP contribution in [0.2, 0.25) is 0 Å². The van der Waals surface area contributed by atoms with Gasteiger partial charge in [0.1, 0.15) is 0 Å². The smallest absolute Gasteiger partial charge is 0.485 e. The molecule has 1 aromatic rings. The van der Waals surface area contributed by atoms with Crippen LogP contribution in [0.3, 0.4) is 0 Å². The topological polar surface area (TPSA) is 57.2 Å². The molecule has 0 atom stereocenters. The first-order valence-corrected chi connectivity index (χ1v) is 10.1. The average molecular weight is 544 g/mol. The van der Waals surface area contributed by atoms with Crippen molar-refractivity contribution in [3.05, 3.63) is 42.6 Å². The Morgan fingerprint density at radius 1 is 0.889 bits per heavy atom. The minimum absolute atomic E-state index is 0.0992. The second kappa shape index (κ2) is 8.98. The summed E-state index contributed by atoms with van der Waals surface area (Å²) in [7, 11) is -6.09. The maximum Gasteiger partial charge on any atom is 0.485 e. The molecule has 156 valence electrons. The largest absolute Gasteiger partial charge is 0.741 e. The molecule has 27 heavy (non-hydrogen) atoms. The fourth-order valence-electron chi connectivity index (χ4n) is 1.15. The molecule has 1 aromatic carbocycles. The number of alkyl halides is 9. The Balaban J connectivity index is 0.000000713. The van der Waals surface area contributed by atoms with Gasteiger partial charge >= 0.3 is 39.1 Å². The minimum Gasteiger partial charge on any atom is -0.741 e. The summed E-state index contributed by atoms with van der Waals surface area (Å²) in [5, 5.41) is 0. The van der Waals surface area contributed by atoms with Crippen molar-refractivity contribution >= 4 is 10.1 Å². The number of hydrogen-bond donors (Lipinski definition) is 0. The molecule has 0 aliphatic carbocycles. The minimum atomic E-state index is -6.09. The van der Waals surface area contributed by atoms with E-state index in [1.54, 1.807) is 17.9 Å². The van der Waals surface area contributed by atoms with Gasteiger partial charge in [-0.25, -0.2) is 8.42 Å². The third-order valence-electron chi connectivity index (χ3n) is 2.23. The summed E-state index contributed by atoms with van der Waals surface area (Å²) < 4.78 is 136. The molecule has 3 nitrogen and oxygen atoms in total. The molecule has 0 amide bonds. The van der Waals surface area contributed by atoms with Crippen molar-refractivity contribution in [2.75, 3.05) is 0 Å². The van der Waals surface area contributed by atoms with Crippen LogP contribution in [0.25, 0.3) is 0 Å². The first-order chi connectivity index (χ1) is 11.7. The van der Waals surface area contributed by atoms with Gasteiger partial charge in [-0.1, -0.05) is 0 Å². The first-order valence-electron chi connectivity index (χ1n) is 6.33. The lowest BCUT2D eigenvalue weighted by atomic mass is 10.1. The quantitative estimate of drug-likeness (QED) is 0.248. The summed E-state index contributed by atoms with van der Waals surface area (Å²) in [6.45, 7) is 3.50. The van der Waals surface area contributed by atoms with E-state index in [9.17, 15) is 39.5 Å². The molecule has 0 fully saturated rings. The Morgan fingerprint density at radius 2 is 1.22 bits per heavy atom. The van der Waals surface area contributed by atoms with Crippen LogP contribution in [0.5, 0.6) is 0 Å². The van der Waals surface area contributed by atoms with Crippen molar-refractivity contribution in [1.82, 2.24) is 0 Å². The number of rotatable bonds is 2. The molecule has 0 aliphatic heterocycles. The van der Waals surface area contributed by atoms with Gasteiger partial charge in [0.2, 0.25) is 0 Å². The second-order valence-electron chi connectivity index (χ2n) is 4.92. The molecule has 0 unspecified atom stereocenters. The van der Waals surface area contributed by atoms with Crippen molar-refractivity contribution in [3.8, 4) is 0 Å². The van der Waals surface area contributed by atoms with Crippen LogP contribution in [0.1, 0.15) is 25.0 Å². The van der Waals surface area contributed by atoms with Gasteiger partial charge in [0.05, 0.1) is 11.1 Å². The zero-order chi connectivity index (χ0) is 21.8. The van der Waals surface area contributed by atoms with E-state index in [0.29, 0.717) is 0 Å². The van der Waals surface area contributed by atoms with Gasteiger partial charge in [0.25, 0.3) is 0 Å². The molecule has 0 aromatic heterocycles. The Bertz CT molecular complexity index is 741. The van der Waals surface area contributed by atoms with E-state index in [1.165, 1.54) is 0 Å². The Labute approximate surface area is 158 Å². The van der Waals surface area contributed by atoms with Gasteiger partial charge in [0.15, 0.2) is 17.8 Å². The van der Waals surface area contributed by atoms with Gasteiger partial charge in [-0.3, -0.25) is 0 Å². The van der Waals surface area contributed by atoms with E-state index in [2.05, 4.69) is 0 Å². The Kier molecular flexibility index (Phi) is 8.64. The summed E-state index contributed by atoms with van der Waals surface area (Å²) in [4.78, 5) is 0. The summed E-state index contributed by atoms with van der Waals surface area (Å²) in [5.41, 5.74) is -7.27. The summed E-state index contributed by atoms with van der Waals surface area (Å²) in [6, 6.07) is 1.74. The number of hydrogen-bond acceptors (Lipinski definition) is 3. The van der Waals surface area contributed by atoms with Gasteiger partial charge in [-0.2, -0.15) is 39.5 Å².